The lowest BCUT2D eigenvalue weighted by Crippen LogP contribution is -2.13. The van der Waals surface area contributed by atoms with Crippen LogP contribution in [0.4, 0.5) is 10.1 Å². The summed E-state index contributed by atoms with van der Waals surface area (Å²) in [5.41, 5.74) is 6.71. The van der Waals surface area contributed by atoms with Crippen LogP contribution in [-0.4, -0.2) is 13.4 Å². The lowest BCUT2D eigenvalue weighted by molar-refractivity contribution is 0.592. The third kappa shape index (κ3) is 3.27. The maximum atomic E-state index is 13.0. The molecule has 0 fully saturated rings. The molecule has 3 N–H and O–H groups in total. The van der Waals surface area contributed by atoms with Gasteiger partial charge >= 0.3 is 0 Å². The summed E-state index contributed by atoms with van der Waals surface area (Å²) >= 11 is 0. The quantitative estimate of drug-likeness (QED) is 0.889. The fourth-order valence-corrected chi connectivity index (χ4v) is 2.49. The van der Waals surface area contributed by atoms with E-state index < -0.39 is 15.8 Å². The summed E-state index contributed by atoms with van der Waals surface area (Å²) in [4.78, 5) is 3.28. The summed E-state index contributed by atoms with van der Waals surface area (Å²) in [5.74, 6) is -0.707. The van der Waals surface area contributed by atoms with Crippen LogP contribution in [0.2, 0.25) is 0 Å². The molecule has 0 amide bonds. The summed E-state index contributed by atoms with van der Waals surface area (Å²) in [6.45, 7) is 0.376. The summed E-state index contributed by atoms with van der Waals surface area (Å²) in [7, 11) is -3.84. The van der Waals surface area contributed by atoms with Gasteiger partial charge in [0, 0.05) is 18.4 Å². The van der Waals surface area contributed by atoms with Crippen LogP contribution in [0.25, 0.3) is 0 Å². The van der Waals surface area contributed by atoms with E-state index in [0.29, 0.717) is 12.2 Å². The molecule has 0 spiro atoms. The summed E-state index contributed by atoms with van der Waals surface area (Å²) in [5, 5.41) is 0. The normalized spacial score (nSPS) is 11.3. The van der Waals surface area contributed by atoms with E-state index in [4.69, 9.17) is 5.73 Å². The number of anilines is 1. The van der Waals surface area contributed by atoms with Gasteiger partial charge in [-0.2, -0.15) is 0 Å². The molecule has 7 heteroatoms. The van der Waals surface area contributed by atoms with E-state index in [2.05, 4.69) is 9.71 Å². The van der Waals surface area contributed by atoms with E-state index >= 15 is 0 Å². The van der Waals surface area contributed by atoms with Crippen molar-refractivity contribution in [1.82, 2.24) is 4.98 Å². The van der Waals surface area contributed by atoms with Crippen molar-refractivity contribution in [3.8, 4) is 0 Å². The van der Waals surface area contributed by atoms with Crippen molar-refractivity contribution in [3.05, 3.63) is 54.1 Å². The van der Waals surface area contributed by atoms with Crippen LogP contribution in [0, 0.1) is 5.82 Å². The van der Waals surface area contributed by atoms with Gasteiger partial charge in [-0.25, -0.2) is 12.8 Å². The Balaban J connectivity index is 2.25. The van der Waals surface area contributed by atoms with Crippen molar-refractivity contribution < 1.29 is 12.8 Å². The first-order valence-corrected chi connectivity index (χ1v) is 6.92. The Morgan fingerprint density at radius 1 is 1.21 bits per heavy atom. The first-order valence-electron chi connectivity index (χ1n) is 5.43. The van der Waals surface area contributed by atoms with Gasteiger partial charge < -0.3 is 5.73 Å². The molecule has 0 aliphatic heterocycles. The van der Waals surface area contributed by atoms with Crippen molar-refractivity contribution in [2.75, 3.05) is 4.72 Å². The first kappa shape index (κ1) is 13.4. The van der Waals surface area contributed by atoms with E-state index in [1.54, 1.807) is 24.3 Å². The minimum absolute atomic E-state index is 0.226. The molecule has 0 bridgehead atoms. The zero-order chi connectivity index (χ0) is 13.9. The van der Waals surface area contributed by atoms with E-state index in [1.807, 2.05) is 0 Å². The zero-order valence-corrected chi connectivity index (χ0v) is 10.7. The van der Waals surface area contributed by atoms with Crippen LogP contribution in [0.15, 0.2) is 47.6 Å². The number of nitrogens with zero attached hydrogens (tertiary/aromatic N) is 1. The molecular weight excluding hydrogens is 269 g/mol. The largest absolute Gasteiger partial charge is 0.326 e. The highest BCUT2D eigenvalue weighted by Gasteiger charge is 2.15. The second-order valence-electron chi connectivity index (χ2n) is 3.85. The number of sulfonamides is 1. The van der Waals surface area contributed by atoms with Gasteiger partial charge in [0.25, 0.3) is 10.0 Å². The summed E-state index contributed by atoms with van der Waals surface area (Å²) in [6, 6.07) is 7.51. The molecule has 0 aliphatic rings. The Morgan fingerprint density at radius 2 is 1.89 bits per heavy atom. The monoisotopic (exact) mass is 281 g/mol. The number of nitrogens with two attached hydrogens (primary N) is 1. The van der Waals surface area contributed by atoms with Crippen LogP contribution >= 0.6 is 0 Å². The minimum Gasteiger partial charge on any atom is -0.326 e. The fourth-order valence-electron chi connectivity index (χ4n) is 1.46. The van der Waals surface area contributed by atoms with Gasteiger partial charge in [-0.3, -0.25) is 9.71 Å². The van der Waals surface area contributed by atoms with E-state index in [0.717, 1.165) is 24.0 Å². The zero-order valence-electron chi connectivity index (χ0n) is 9.88. The molecule has 0 atom stereocenters. The molecule has 0 saturated carbocycles. The molecule has 100 valence electrons. The molecule has 1 heterocycles. The maximum absolute atomic E-state index is 13.0. The second kappa shape index (κ2) is 5.33. The van der Waals surface area contributed by atoms with Gasteiger partial charge in [0.05, 0.1) is 6.20 Å². The summed E-state index contributed by atoms with van der Waals surface area (Å²) < 4.78 is 39.2. The standard InChI is InChI=1S/C12H12FN3O2S/c13-10-5-12(8-15-7-10)19(17,18)16-11-3-1-9(6-14)2-4-11/h1-5,7-8,16H,6,14H2. The fraction of sp³-hybridized carbons (Fsp3) is 0.0833. The van der Waals surface area contributed by atoms with Crippen molar-refractivity contribution in [3.63, 3.8) is 0 Å². The average Bonchev–Trinajstić information content (AvgIpc) is 2.39. The minimum atomic E-state index is -3.84. The molecule has 0 aliphatic carbocycles. The first-order chi connectivity index (χ1) is 9.01. The van der Waals surface area contributed by atoms with E-state index in [1.165, 1.54) is 0 Å². The Bertz CT molecular complexity index is 672. The van der Waals surface area contributed by atoms with Gasteiger partial charge in [0.1, 0.15) is 10.7 Å². The molecule has 19 heavy (non-hydrogen) atoms. The Morgan fingerprint density at radius 3 is 2.47 bits per heavy atom. The van der Waals surface area contributed by atoms with Crippen LogP contribution in [0.3, 0.4) is 0 Å². The molecule has 2 aromatic rings. The Labute approximate surface area is 110 Å². The van der Waals surface area contributed by atoms with Crippen LogP contribution in [-0.2, 0) is 16.6 Å². The molecule has 0 saturated heterocycles. The van der Waals surface area contributed by atoms with Gasteiger partial charge in [0.15, 0.2) is 0 Å². The highest BCUT2D eigenvalue weighted by molar-refractivity contribution is 7.92. The molecule has 1 aromatic heterocycles. The lowest BCUT2D eigenvalue weighted by atomic mass is 10.2. The Hall–Kier alpha value is -1.99. The number of hydrogen-bond acceptors (Lipinski definition) is 4. The number of hydrogen-bond donors (Lipinski definition) is 2. The maximum Gasteiger partial charge on any atom is 0.263 e. The lowest BCUT2D eigenvalue weighted by Gasteiger charge is -2.08. The van der Waals surface area contributed by atoms with E-state index in [9.17, 15) is 12.8 Å². The van der Waals surface area contributed by atoms with Crippen molar-refractivity contribution in [1.29, 1.82) is 0 Å². The number of halogens is 1. The molecule has 1 aromatic carbocycles. The molecule has 0 unspecified atom stereocenters. The molecule has 5 nitrogen and oxygen atoms in total. The van der Waals surface area contributed by atoms with Gasteiger partial charge in [0.2, 0.25) is 0 Å². The van der Waals surface area contributed by atoms with Crippen molar-refractivity contribution in [2.24, 2.45) is 5.73 Å². The van der Waals surface area contributed by atoms with E-state index in [-0.39, 0.29) is 4.90 Å². The van der Waals surface area contributed by atoms with Crippen LogP contribution in [0.5, 0.6) is 0 Å². The molecule has 0 radical (unpaired) electrons. The number of aromatic nitrogens is 1. The molecule has 2 rings (SSSR count). The Kier molecular flexibility index (Phi) is 3.77. The predicted molar refractivity (Wildman–Crippen MR) is 69.3 cm³/mol. The summed E-state index contributed by atoms with van der Waals surface area (Å²) in [6.07, 6.45) is 2.02. The SMILES string of the molecule is NCc1ccc(NS(=O)(=O)c2cncc(F)c2)cc1. The van der Waals surface area contributed by atoms with Crippen LogP contribution < -0.4 is 10.5 Å². The second-order valence-corrected chi connectivity index (χ2v) is 5.53. The third-order valence-corrected chi connectivity index (χ3v) is 3.78. The van der Waals surface area contributed by atoms with Crippen LogP contribution in [0.1, 0.15) is 5.56 Å². The number of benzene rings is 1. The number of nitrogens with one attached hydrogen (secondary N) is 1. The van der Waals surface area contributed by atoms with Crippen molar-refractivity contribution in [2.45, 2.75) is 11.4 Å². The number of rotatable bonds is 4. The van der Waals surface area contributed by atoms with Gasteiger partial charge in [-0.1, -0.05) is 12.1 Å². The number of pyridine rings is 1. The molecular formula is C12H12FN3O2S. The van der Waals surface area contributed by atoms with Gasteiger partial charge in [-0.05, 0) is 23.8 Å². The topological polar surface area (TPSA) is 85.1 Å². The highest BCUT2D eigenvalue weighted by atomic mass is 32.2. The average molecular weight is 281 g/mol. The highest BCUT2D eigenvalue weighted by Crippen LogP contribution is 2.16. The third-order valence-electron chi connectivity index (χ3n) is 2.43. The van der Waals surface area contributed by atoms with Crippen molar-refractivity contribution >= 4 is 15.7 Å². The smallest absolute Gasteiger partial charge is 0.263 e. The van der Waals surface area contributed by atoms with Gasteiger partial charge in [-0.15, -0.1) is 0 Å². The predicted octanol–water partition coefficient (Wildman–Crippen LogP) is 1.48.